The number of nitrogens with zero attached hydrogens (tertiary/aromatic N) is 3. The predicted octanol–water partition coefficient (Wildman–Crippen LogP) is 3.57. The van der Waals surface area contributed by atoms with Crippen molar-refractivity contribution < 1.29 is 9.53 Å². The molecule has 0 spiro atoms. The van der Waals surface area contributed by atoms with Gasteiger partial charge in [-0.25, -0.2) is 0 Å². The van der Waals surface area contributed by atoms with E-state index in [0.717, 1.165) is 56.1 Å². The summed E-state index contributed by atoms with van der Waals surface area (Å²) >= 11 is 1.36. The Labute approximate surface area is 188 Å². The average Bonchev–Trinajstić information content (AvgIpc) is 3.17. The molecular formula is C23H31N5O2S. The normalized spacial score (nSPS) is 20.1. The molecule has 7 nitrogen and oxygen atoms in total. The molecule has 1 aromatic carbocycles. The molecule has 3 rings (SSSR count). The number of hydrogen-bond donors (Lipinski definition) is 2. The highest BCUT2D eigenvalue weighted by Gasteiger charge is 2.23. The average molecular weight is 442 g/mol. The molecule has 1 saturated heterocycles. The summed E-state index contributed by atoms with van der Waals surface area (Å²) in [6, 6.07) is 6.15. The highest BCUT2D eigenvalue weighted by atomic mass is 32.2. The van der Waals surface area contributed by atoms with E-state index in [-0.39, 0.29) is 6.10 Å². The first-order valence-electron chi connectivity index (χ1n) is 10.5. The third-order valence-corrected chi connectivity index (χ3v) is 6.19. The molecule has 0 amide bonds. The first-order valence-corrected chi connectivity index (χ1v) is 11.4. The van der Waals surface area contributed by atoms with Crippen LogP contribution in [0, 0.1) is 0 Å². The maximum absolute atomic E-state index is 11.3. The first kappa shape index (κ1) is 23.0. The first-order chi connectivity index (χ1) is 15.0. The van der Waals surface area contributed by atoms with Crippen LogP contribution < -0.4 is 20.7 Å². The lowest BCUT2D eigenvalue weighted by Crippen LogP contribution is -2.46. The number of benzene rings is 1. The Morgan fingerprint density at radius 2 is 2.10 bits per heavy atom. The summed E-state index contributed by atoms with van der Waals surface area (Å²) in [5.74, 6) is 1.15. The minimum Gasteiger partial charge on any atom is -0.489 e. The molecule has 0 aliphatic carbocycles. The zero-order valence-electron chi connectivity index (χ0n) is 18.4. The molecule has 8 heteroatoms. The largest absolute Gasteiger partial charge is 0.489 e. The molecule has 0 aromatic heterocycles. The molecule has 2 aliphatic heterocycles. The van der Waals surface area contributed by atoms with E-state index in [9.17, 15) is 4.79 Å². The highest BCUT2D eigenvalue weighted by molar-refractivity contribution is 8.07. The van der Waals surface area contributed by atoms with Gasteiger partial charge in [-0.15, -0.1) is 0 Å². The molecule has 3 N–H and O–H groups in total. The Morgan fingerprint density at radius 1 is 1.35 bits per heavy atom. The summed E-state index contributed by atoms with van der Waals surface area (Å²) < 4.78 is 6.10. The number of carbonyl (C=O) groups excluding carboxylic acids is 1. The number of likely N-dealkylation sites (N-methyl/N-ethyl adjacent to an activating group) is 1. The molecular weight excluding hydrogens is 410 g/mol. The molecule has 2 heterocycles. The van der Waals surface area contributed by atoms with Crippen molar-refractivity contribution in [1.82, 2.24) is 4.90 Å². The summed E-state index contributed by atoms with van der Waals surface area (Å²) in [6.45, 7) is 15.0. The number of thioether (sulfide) groups is 1. The van der Waals surface area contributed by atoms with Crippen LogP contribution in [0.15, 0.2) is 57.7 Å². The number of carbonyl (C=O) groups is 1. The number of nitrogens with two attached hydrogens (primary N) is 1. The summed E-state index contributed by atoms with van der Waals surface area (Å²) in [6.07, 6.45) is 2.20. The molecule has 0 radical (unpaired) electrons. The van der Waals surface area contributed by atoms with E-state index in [4.69, 9.17) is 10.5 Å². The summed E-state index contributed by atoms with van der Waals surface area (Å²) in [5, 5.41) is 5.00. The lowest BCUT2D eigenvalue weighted by molar-refractivity contribution is -0.104. The minimum absolute atomic E-state index is 0.0173. The molecule has 31 heavy (non-hydrogen) atoms. The van der Waals surface area contributed by atoms with Crippen LogP contribution in [0.4, 0.5) is 11.4 Å². The predicted molar refractivity (Wildman–Crippen MR) is 131 cm³/mol. The number of anilines is 2. The lowest BCUT2D eigenvalue weighted by atomic mass is 10.2. The van der Waals surface area contributed by atoms with Crippen molar-refractivity contribution in [3.8, 4) is 5.75 Å². The van der Waals surface area contributed by atoms with Crippen molar-refractivity contribution in [2.75, 3.05) is 42.9 Å². The molecule has 1 fully saturated rings. The third-order valence-electron chi connectivity index (χ3n) is 5.17. The Hall–Kier alpha value is -2.71. The van der Waals surface area contributed by atoms with Gasteiger partial charge in [0.25, 0.3) is 0 Å². The SMILES string of the molecule is C=C/N=C1/C(C=O)=CS/C1=C(/N)Nc1ccc(N2CCN(CC)CC2)cc1OC(C)C. The minimum atomic E-state index is 0.0173. The number of ether oxygens (including phenoxy) is 1. The smallest absolute Gasteiger partial charge is 0.152 e. The van der Waals surface area contributed by atoms with Crippen molar-refractivity contribution in [3.63, 3.8) is 0 Å². The van der Waals surface area contributed by atoms with Crippen LogP contribution >= 0.6 is 11.8 Å². The van der Waals surface area contributed by atoms with Crippen LogP contribution in [0.3, 0.4) is 0 Å². The van der Waals surface area contributed by atoms with E-state index in [1.807, 2.05) is 19.9 Å². The summed E-state index contributed by atoms with van der Waals surface area (Å²) in [4.78, 5) is 21.1. The van der Waals surface area contributed by atoms with E-state index in [2.05, 4.69) is 45.7 Å². The van der Waals surface area contributed by atoms with E-state index in [0.29, 0.717) is 22.0 Å². The fourth-order valence-corrected chi connectivity index (χ4v) is 4.42. The Kier molecular flexibility index (Phi) is 7.81. The molecule has 0 unspecified atom stereocenters. The zero-order chi connectivity index (χ0) is 22.4. The maximum Gasteiger partial charge on any atom is 0.152 e. The topological polar surface area (TPSA) is 83.2 Å². The number of nitrogens with one attached hydrogen (secondary N) is 1. The van der Waals surface area contributed by atoms with Gasteiger partial charge < -0.3 is 25.6 Å². The second-order valence-corrected chi connectivity index (χ2v) is 8.49. The number of rotatable bonds is 8. The van der Waals surface area contributed by atoms with Gasteiger partial charge in [-0.05, 0) is 37.9 Å². The monoisotopic (exact) mass is 441 g/mol. The quantitative estimate of drug-likeness (QED) is 0.597. The molecule has 0 saturated carbocycles. The fourth-order valence-electron chi connectivity index (χ4n) is 3.55. The van der Waals surface area contributed by atoms with Crippen molar-refractivity contribution in [2.24, 2.45) is 10.7 Å². The van der Waals surface area contributed by atoms with Crippen LogP contribution in [0.25, 0.3) is 0 Å². The number of hydrogen-bond acceptors (Lipinski definition) is 8. The number of aldehydes is 1. The van der Waals surface area contributed by atoms with Gasteiger partial charge in [-0.1, -0.05) is 25.3 Å². The lowest BCUT2D eigenvalue weighted by Gasteiger charge is -2.35. The third kappa shape index (κ3) is 5.51. The van der Waals surface area contributed by atoms with Crippen LogP contribution in [0.5, 0.6) is 5.75 Å². The van der Waals surface area contributed by atoms with Gasteiger partial charge in [0.1, 0.15) is 11.6 Å². The second kappa shape index (κ2) is 10.5. The van der Waals surface area contributed by atoms with Crippen LogP contribution in [0.2, 0.25) is 0 Å². The Bertz CT molecular complexity index is 915. The van der Waals surface area contributed by atoms with Crippen molar-refractivity contribution in [1.29, 1.82) is 0 Å². The van der Waals surface area contributed by atoms with Crippen molar-refractivity contribution in [2.45, 2.75) is 26.9 Å². The van der Waals surface area contributed by atoms with Gasteiger partial charge in [-0.2, -0.15) is 0 Å². The molecule has 1 aromatic rings. The fraction of sp³-hybridized carbons (Fsp3) is 0.391. The molecule has 2 aliphatic rings. The summed E-state index contributed by atoms with van der Waals surface area (Å²) in [5.41, 5.74) is 9.29. The van der Waals surface area contributed by atoms with Crippen LogP contribution in [-0.4, -0.2) is 55.7 Å². The van der Waals surface area contributed by atoms with E-state index < -0.39 is 0 Å². The molecule has 166 valence electrons. The Balaban J connectivity index is 1.86. The van der Waals surface area contributed by atoms with Gasteiger partial charge in [0, 0.05) is 49.7 Å². The van der Waals surface area contributed by atoms with Gasteiger partial charge in [0.15, 0.2) is 6.29 Å². The second-order valence-electron chi connectivity index (χ2n) is 7.61. The van der Waals surface area contributed by atoms with Gasteiger partial charge >= 0.3 is 0 Å². The standard InChI is InChI=1S/C23H31N5O2S/c1-5-25-21-17(14-29)15-31-22(21)23(24)26-19-8-7-18(13-20(19)30-16(3)4)28-11-9-27(6-2)10-12-28/h5,7-8,13-16,26H,1,6,9-12,24H2,2-4H3/b23-22-,25-21-. The number of aliphatic imine (C=N–C) groups is 1. The Morgan fingerprint density at radius 3 is 2.71 bits per heavy atom. The summed E-state index contributed by atoms with van der Waals surface area (Å²) in [7, 11) is 0. The molecule has 0 bridgehead atoms. The molecule has 0 atom stereocenters. The number of allylic oxidation sites excluding steroid dienone is 2. The highest BCUT2D eigenvalue weighted by Crippen LogP contribution is 2.36. The number of piperazine rings is 1. The maximum atomic E-state index is 11.3. The van der Waals surface area contributed by atoms with Gasteiger partial charge in [0.2, 0.25) is 0 Å². The van der Waals surface area contributed by atoms with Crippen LogP contribution in [0.1, 0.15) is 20.8 Å². The van der Waals surface area contributed by atoms with Crippen molar-refractivity contribution >= 4 is 35.1 Å². The van der Waals surface area contributed by atoms with E-state index in [1.54, 1.807) is 5.41 Å². The van der Waals surface area contributed by atoms with Gasteiger partial charge in [-0.3, -0.25) is 9.79 Å². The van der Waals surface area contributed by atoms with Gasteiger partial charge in [0.05, 0.1) is 22.4 Å². The van der Waals surface area contributed by atoms with E-state index >= 15 is 0 Å². The van der Waals surface area contributed by atoms with E-state index in [1.165, 1.54) is 18.0 Å². The van der Waals surface area contributed by atoms with Crippen LogP contribution in [-0.2, 0) is 4.79 Å². The zero-order valence-corrected chi connectivity index (χ0v) is 19.2. The van der Waals surface area contributed by atoms with Crippen molar-refractivity contribution in [3.05, 3.63) is 52.7 Å².